The van der Waals surface area contributed by atoms with E-state index in [9.17, 15) is 9.59 Å². The molecule has 0 fully saturated rings. The number of anilines is 1. The first-order valence-electron chi connectivity index (χ1n) is 12.7. The molecule has 0 radical (unpaired) electrons. The second kappa shape index (κ2) is 20.3. The lowest BCUT2D eigenvalue weighted by Gasteiger charge is -2.09. The minimum Gasteiger partial charge on any atom is -0.466 e. The first-order valence-corrected chi connectivity index (χ1v) is 12.7. The summed E-state index contributed by atoms with van der Waals surface area (Å²) in [6.07, 6.45) is 1.70. The Kier molecular flexibility index (Phi) is 18.5. The summed E-state index contributed by atoms with van der Waals surface area (Å²) in [6.45, 7) is 16.5. The molecule has 0 aromatic heterocycles. The fourth-order valence-corrected chi connectivity index (χ4v) is 2.45. The van der Waals surface area contributed by atoms with Crippen molar-refractivity contribution in [1.29, 1.82) is 0 Å². The molecule has 2 aromatic rings. The van der Waals surface area contributed by atoms with Gasteiger partial charge in [-0.05, 0) is 69.3 Å². The van der Waals surface area contributed by atoms with Gasteiger partial charge in [0.1, 0.15) is 0 Å². The van der Waals surface area contributed by atoms with Crippen molar-refractivity contribution in [2.75, 3.05) is 25.0 Å². The number of esters is 1. The van der Waals surface area contributed by atoms with E-state index in [1.165, 1.54) is 0 Å². The number of benzene rings is 2. The van der Waals surface area contributed by atoms with Crippen LogP contribution in [0.2, 0.25) is 0 Å². The molecule has 2 aromatic carbocycles. The third kappa shape index (κ3) is 15.4. The lowest BCUT2D eigenvalue weighted by atomic mass is 10.1. The van der Waals surface area contributed by atoms with E-state index < -0.39 is 0 Å². The molecule has 5 nitrogen and oxygen atoms in total. The Labute approximate surface area is 213 Å². The Bertz CT molecular complexity index is 881. The van der Waals surface area contributed by atoms with E-state index >= 15 is 0 Å². The van der Waals surface area contributed by atoms with Crippen LogP contribution in [-0.2, 0) is 14.3 Å². The fraction of sp³-hybridized carbons (Fsp3) is 0.467. The minimum atomic E-state index is -0.0833. The van der Waals surface area contributed by atoms with Gasteiger partial charge in [-0.15, -0.1) is 0 Å². The SMILES string of the molecule is CCC(C)C(=O)Nc1ccc(C#Cc2ccccc2)cc1.CCNCC.CCOC(=O)C(C)CC. The van der Waals surface area contributed by atoms with Gasteiger partial charge in [-0.2, -0.15) is 0 Å². The maximum atomic E-state index is 11.8. The zero-order chi connectivity index (χ0) is 26.5. The highest BCUT2D eigenvalue weighted by atomic mass is 16.5. The van der Waals surface area contributed by atoms with Crippen molar-refractivity contribution in [2.24, 2.45) is 11.8 Å². The Morgan fingerprint density at radius 1 is 0.771 bits per heavy atom. The molecule has 35 heavy (non-hydrogen) atoms. The highest BCUT2D eigenvalue weighted by Gasteiger charge is 2.10. The lowest BCUT2D eigenvalue weighted by molar-refractivity contribution is -0.147. The van der Waals surface area contributed by atoms with Crippen LogP contribution in [0.1, 0.15) is 72.4 Å². The normalized spacial score (nSPS) is 11.2. The molecule has 0 aliphatic rings. The summed E-state index contributed by atoms with van der Waals surface area (Å²) in [5, 5.41) is 6.02. The molecular formula is C30H44N2O3. The largest absolute Gasteiger partial charge is 0.466 e. The van der Waals surface area contributed by atoms with Crippen LogP contribution in [0.5, 0.6) is 0 Å². The smallest absolute Gasteiger partial charge is 0.308 e. The van der Waals surface area contributed by atoms with Crippen LogP contribution in [0.3, 0.4) is 0 Å². The number of hydrogen-bond donors (Lipinski definition) is 2. The second-order valence-electron chi connectivity index (χ2n) is 8.01. The van der Waals surface area contributed by atoms with Gasteiger partial charge < -0.3 is 15.4 Å². The first kappa shape index (κ1) is 31.9. The summed E-state index contributed by atoms with van der Waals surface area (Å²) in [7, 11) is 0. The molecule has 2 unspecified atom stereocenters. The van der Waals surface area contributed by atoms with E-state index in [0.29, 0.717) is 6.61 Å². The molecule has 0 aliphatic carbocycles. The molecule has 0 aliphatic heterocycles. The van der Waals surface area contributed by atoms with Crippen molar-refractivity contribution >= 4 is 17.6 Å². The molecule has 0 saturated heterocycles. The van der Waals surface area contributed by atoms with Gasteiger partial charge in [-0.3, -0.25) is 9.59 Å². The average Bonchev–Trinajstić information content (AvgIpc) is 2.89. The highest BCUT2D eigenvalue weighted by molar-refractivity contribution is 5.92. The Morgan fingerprint density at radius 2 is 1.29 bits per heavy atom. The van der Waals surface area contributed by atoms with Gasteiger partial charge in [0.15, 0.2) is 0 Å². The molecule has 192 valence electrons. The minimum absolute atomic E-state index is 0.0301. The molecule has 2 N–H and O–H groups in total. The molecule has 2 rings (SSSR count). The maximum Gasteiger partial charge on any atom is 0.308 e. The Hall–Kier alpha value is -3.10. The Balaban J connectivity index is 0.000000684. The number of hydrogen-bond acceptors (Lipinski definition) is 4. The number of rotatable bonds is 8. The van der Waals surface area contributed by atoms with Crippen LogP contribution < -0.4 is 10.6 Å². The molecule has 0 saturated carbocycles. The molecule has 5 heteroatoms. The van der Waals surface area contributed by atoms with Gasteiger partial charge in [0.25, 0.3) is 0 Å². The van der Waals surface area contributed by atoms with Gasteiger partial charge in [0.2, 0.25) is 5.91 Å². The highest BCUT2D eigenvalue weighted by Crippen LogP contribution is 2.12. The summed E-state index contributed by atoms with van der Waals surface area (Å²) >= 11 is 0. The van der Waals surface area contributed by atoms with Gasteiger partial charge in [0.05, 0.1) is 12.5 Å². The fourth-order valence-electron chi connectivity index (χ4n) is 2.45. The van der Waals surface area contributed by atoms with Crippen LogP contribution >= 0.6 is 0 Å². The Morgan fingerprint density at radius 3 is 1.71 bits per heavy atom. The molecular weight excluding hydrogens is 436 g/mol. The van der Waals surface area contributed by atoms with E-state index in [1.54, 1.807) is 0 Å². The maximum absolute atomic E-state index is 11.8. The van der Waals surface area contributed by atoms with Gasteiger partial charge in [0, 0.05) is 22.7 Å². The zero-order valence-corrected chi connectivity index (χ0v) is 22.6. The standard InChI is InChI=1S/C19H19NO.C7H14O2.C4H11N/c1-3-15(2)19(21)20-18-13-11-17(12-14-18)10-9-16-7-5-4-6-8-16;1-4-6(3)7(8)9-5-2;1-3-5-4-2/h4-8,11-15H,3H2,1-2H3,(H,20,21);6H,4-5H2,1-3H3;5H,3-4H2,1-2H3. The number of amides is 1. The topological polar surface area (TPSA) is 67.4 Å². The summed E-state index contributed by atoms with van der Waals surface area (Å²) in [5.74, 6) is 6.29. The van der Waals surface area contributed by atoms with E-state index in [0.717, 1.165) is 42.7 Å². The monoisotopic (exact) mass is 480 g/mol. The van der Waals surface area contributed by atoms with E-state index in [-0.39, 0.29) is 23.7 Å². The van der Waals surface area contributed by atoms with Crippen molar-refractivity contribution in [3.05, 3.63) is 65.7 Å². The van der Waals surface area contributed by atoms with Crippen LogP contribution in [0, 0.1) is 23.7 Å². The molecule has 0 spiro atoms. The predicted octanol–water partition coefficient (Wildman–Crippen LogP) is 6.28. The lowest BCUT2D eigenvalue weighted by Crippen LogP contribution is -2.19. The number of nitrogens with one attached hydrogen (secondary N) is 2. The van der Waals surface area contributed by atoms with Gasteiger partial charge >= 0.3 is 5.97 Å². The van der Waals surface area contributed by atoms with Crippen LogP contribution in [0.4, 0.5) is 5.69 Å². The zero-order valence-electron chi connectivity index (χ0n) is 22.6. The summed E-state index contributed by atoms with van der Waals surface area (Å²) < 4.78 is 4.76. The first-order chi connectivity index (χ1) is 16.8. The van der Waals surface area contributed by atoms with Crippen LogP contribution in [0.15, 0.2) is 54.6 Å². The molecule has 1 amide bonds. The van der Waals surface area contributed by atoms with E-state index in [1.807, 2.05) is 89.2 Å². The van der Waals surface area contributed by atoms with E-state index in [2.05, 4.69) is 36.3 Å². The van der Waals surface area contributed by atoms with Crippen LogP contribution in [-0.4, -0.2) is 31.6 Å². The number of ether oxygens (including phenoxy) is 1. The van der Waals surface area contributed by atoms with Crippen molar-refractivity contribution in [3.8, 4) is 11.8 Å². The van der Waals surface area contributed by atoms with E-state index in [4.69, 9.17) is 4.74 Å². The summed E-state index contributed by atoms with van der Waals surface area (Å²) in [5.41, 5.74) is 2.73. The van der Waals surface area contributed by atoms with Crippen molar-refractivity contribution < 1.29 is 14.3 Å². The summed E-state index contributed by atoms with van der Waals surface area (Å²) in [6, 6.07) is 17.5. The number of carbonyl (C=O) groups is 2. The van der Waals surface area contributed by atoms with Gasteiger partial charge in [-0.25, -0.2) is 0 Å². The van der Waals surface area contributed by atoms with Crippen LogP contribution in [0.25, 0.3) is 0 Å². The van der Waals surface area contributed by atoms with Gasteiger partial charge in [-0.1, -0.05) is 71.6 Å². The summed E-state index contributed by atoms with van der Waals surface area (Å²) in [4.78, 5) is 22.6. The van der Waals surface area contributed by atoms with Crippen molar-refractivity contribution in [1.82, 2.24) is 5.32 Å². The molecule has 2 atom stereocenters. The quantitative estimate of drug-likeness (QED) is 0.344. The van der Waals surface area contributed by atoms with Crippen molar-refractivity contribution in [3.63, 3.8) is 0 Å². The average molecular weight is 481 g/mol. The van der Waals surface area contributed by atoms with Crippen molar-refractivity contribution in [2.45, 2.75) is 61.3 Å². The predicted molar refractivity (Wildman–Crippen MR) is 147 cm³/mol. The second-order valence-corrected chi connectivity index (χ2v) is 8.01. The number of carbonyl (C=O) groups excluding carboxylic acids is 2. The third-order valence-electron chi connectivity index (χ3n) is 5.14. The molecule has 0 heterocycles. The molecule has 0 bridgehead atoms. The third-order valence-corrected chi connectivity index (χ3v) is 5.14.